The van der Waals surface area contributed by atoms with Gasteiger partial charge < -0.3 is 5.11 Å². The lowest BCUT2D eigenvalue weighted by atomic mass is 10.1. The van der Waals surface area contributed by atoms with E-state index < -0.39 is 11.7 Å². The maximum absolute atomic E-state index is 13.4. The molecule has 0 atom stereocenters. The smallest absolute Gasteiger partial charge is 0.416 e. The molecule has 5 nitrogen and oxygen atoms in total. The average Bonchev–Trinajstić information content (AvgIpc) is 2.96. The topological polar surface area (TPSA) is 66.6 Å². The van der Waals surface area contributed by atoms with Crippen LogP contribution in [0.1, 0.15) is 48.9 Å². The molecule has 0 saturated carbocycles. The van der Waals surface area contributed by atoms with Crippen molar-refractivity contribution in [2.45, 2.75) is 46.7 Å². The van der Waals surface area contributed by atoms with Crippen LogP contribution in [0.25, 0.3) is 16.6 Å². The highest BCUT2D eigenvalue weighted by Gasteiger charge is 2.32. The van der Waals surface area contributed by atoms with Crippen molar-refractivity contribution in [3.05, 3.63) is 58.7 Å². The summed E-state index contributed by atoms with van der Waals surface area (Å²) < 4.78 is 41.5. The number of aryl methyl sites for hydroxylation is 2. The van der Waals surface area contributed by atoms with Crippen molar-refractivity contribution < 1.29 is 23.1 Å². The predicted molar refractivity (Wildman–Crippen MR) is 115 cm³/mol. The van der Waals surface area contributed by atoms with Crippen LogP contribution in [0.15, 0.2) is 41.5 Å². The molecular formula is C23H24F3N3O2. The summed E-state index contributed by atoms with van der Waals surface area (Å²) in [4.78, 5) is 11.8. The molecule has 164 valence electrons. The van der Waals surface area contributed by atoms with Gasteiger partial charge in [-0.1, -0.05) is 19.1 Å². The second-order valence-corrected chi connectivity index (χ2v) is 7.59. The van der Waals surface area contributed by atoms with Gasteiger partial charge in [0.05, 0.1) is 22.4 Å². The molecule has 0 saturated heterocycles. The molecule has 0 aliphatic heterocycles. The largest absolute Gasteiger partial charge is 0.494 e. The van der Waals surface area contributed by atoms with E-state index in [4.69, 9.17) is 0 Å². The van der Waals surface area contributed by atoms with Crippen LogP contribution >= 0.6 is 0 Å². The molecule has 0 unspecified atom stereocenters. The predicted octanol–water partition coefficient (Wildman–Crippen LogP) is 5.61. The lowest BCUT2D eigenvalue weighted by Gasteiger charge is -2.11. The van der Waals surface area contributed by atoms with Gasteiger partial charge >= 0.3 is 6.18 Å². The van der Waals surface area contributed by atoms with Gasteiger partial charge in [-0.2, -0.15) is 18.3 Å². The van der Waals surface area contributed by atoms with Crippen LogP contribution in [0.3, 0.4) is 0 Å². The standard InChI is InChI=1S/C23H24F3N3O2/c1-5-6-20(30)28-27-15(4)21-18-8-7-16(23(24,25)26)12-19(18)29(22(21)31)17-10-13(2)9-14(3)11-17/h7-12,31H,5-6H2,1-4H3,(H,28,30)/b27-15+. The zero-order chi connectivity index (χ0) is 22.9. The number of fused-ring (bicyclic) bond motifs is 1. The van der Waals surface area contributed by atoms with Crippen LogP contribution in [0.5, 0.6) is 5.88 Å². The Kier molecular flexibility index (Phi) is 6.10. The number of rotatable bonds is 5. The van der Waals surface area contributed by atoms with E-state index in [1.54, 1.807) is 19.1 Å². The Morgan fingerprint density at radius 1 is 1.13 bits per heavy atom. The van der Waals surface area contributed by atoms with Crippen LogP contribution < -0.4 is 5.43 Å². The highest BCUT2D eigenvalue weighted by Crippen LogP contribution is 2.39. The molecule has 0 aliphatic rings. The van der Waals surface area contributed by atoms with Crippen LogP contribution in [-0.4, -0.2) is 21.3 Å². The second kappa shape index (κ2) is 8.45. The first-order chi connectivity index (χ1) is 14.5. The van der Waals surface area contributed by atoms with Crippen molar-refractivity contribution >= 4 is 22.5 Å². The molecular weight excluding hydrogens is 407 g/mol. The van der Waals surface area contributed by atoms with Crippen molar-refractivity contribution in [1.29, 1.82) is 0 Å². The maximum Gasteiger partial charge on any atom is 0.416 e. The molecule has 1 aromatic heterocycles. The van der Waals surface area contributed by atoms with Gasteiger partial charge in [0.25, 0.3) is 0 Å². The van der Waals surface area contributed by atoms with E-state index in [2.05, 4.69) is 10.5 Å². The van der Waals surface area contributed by atoms with E-state index in [9.17, 15) is 23.1 Å². The summed E-state index contributed by atoms with van der Waals surface area (Å²) in [5.74, 6) is -0.524. The Morgan fingerprint density at radius 2 is 1.77 bits per heavy atom. The number of nitrogens with zero attached hydrogens (tertiary/aromatic N) is 2. The van der Waals surface area contributed by atoms with Crippen molar-refractivity contribution in [2.75, 3.05) is 0 Å². The van der Waals surface area contributed by atoms with Gasteiger partial charge in [0.2, 0.25) is 11.8 Å². The SMILES string of the molecule is CCCC(=O)N/N=C(\C)c1c(O)n(-c2cc(C)cc(C)c2)c2cc(C(F)(F)F)ccc12. The summed E-state index contributed by atoms with van der Waals surface area (Å²) in [6, 6.07) is 8.81. The molecule has 2 N–H and O–H groups in total. The summed E-state index contributed by atoms with van der Waals surface area (Å²) in [6.07, 6.45) is -3.58. The first-order valence-corrected chi connectivity index (χ1v) is 9.89. The fraction of sp³-hybridized carbons (Fsp3) is 0.304. The summed E-state index contributed by atoms with van der Waals surface area (Å²) in [7, 11) is 0. The molecule has 3 rings (SSSR count). The van der Waals surface area contributed by atoms with Gasteiger partial charge in [-0.05, 0) is 62.6 Å². The Morgan fingerprint density at radius 3 is 2.35 bits per heavy atom. The normalized spacial score (nSPS) is 12.4. The van der Waals surface area contributed by atoms with Gasteiger partial charge in [0, 0.05) is 17.5 Å². The number of carbonyl (C=O) groups is 1. The number of halogens is 3. The summed E-state index contributed by atoms with van der Waals surface area (Å²) in [6.45, 7) is 7.19. The van der Waals surface area contributed by atoms with Gasteiger partial charge in [-0.25, -0.2) is 5.43 Å². The molecule has 0 spiro atoms. The van der Waals surface area contributed by atoms with E-state index in [0.29, 0.717) is 23.9 Å². The van der Waals surface area contributed by atoms with E-state index in [1.165, 1.54) is 10.6 Å². The Labute approximate surface area is 178 Å². The molecule has 0 fully saturated rings. The summed E-state index contributed by atoms with van der Waals surface area (Å²) in [5.41, 5.74) is 4.70. The molecule has 0 aliphatic carbocycles. The van der Waals surface area contributed by atoms with Crippen molar-refractivity contribution in [2.24, 2.45) is 5.10 Å². The van der Waals surface area contributed by atoms with Crippen LogP contribution in [-0.2, 0) is 11.0 Å². The van der Waals surface area contributed by atoms with Crippen LogP contribution in [0.2, 0.25) is 0 Å². The van der Waals surface area contributed by atoms with Gasteiger partial charge in [0.1, 0.15) is 0 Å². The number of amides is 1. The minimum atomic E-state index is -4.53. The average molecular weight is 431 g/mol. The number of hydrazone groups is 1. The Bertz CT molecular complexity index is 1160. The monoisotopic (exact) mass is 431 g/mol. The number of carbonyl (C=O) groups excluding carboxylic acids is 1. The number of hydrogen-bond acceptors (Lipinski definition) is 3. The van der Waals surface area contributed by atoms with E-state index >= 15 is 0 Å². The van der Waals surface area contributed by atoms with Gasteiger partial charge in [-0.15, -0.1) is 0 Å². The fourth-order valence-corrected chi connectivity index (χ4v) is 3.63. The Balaban J connectivity index is 2.28. The second-order valence-electron chi connectivity index (χ2n) is 7.59. The zero-order valence-corrected chi connectivity index (χ0v) is 17.8. The third kappa shape index (κ3) is 4.57. The van der Waals surface area contributed by atoms with Crippen molar-refractivity contribution in [3.63, 3.8) is 0 Å². The van der Waals surface area contributed by atoms with Gasteiger partial charge in [-0.3, -0.25) is 9.36 Å². The first kappa shape index (κ1) is 22.4. The fourth-order valence-electron chi connectivity index (χ4n) is 3.63. The number of aromatic hydroxyl groups is 1. The number of nitrogens with one attached hydrogen (secondary N) is 1. The molecule has 0 bridgehead atoms. The highest BCUT2D eigenvalue weighted by molar-refractivity contribution is 6.13. The number of hydrogen-bond donors (Lipinski definition) is 2. The maximum atomic E-state index is 13.4. The lowest BCUT2D eigenvalue weighted by molar-refractivity contribution is -0.137. The first-order valence-electron chi connectivity index (χ1n) is 9.89. The number of alkyl halides is 3. The minimum absolute atomic E-state index is 0.196. The summed E-state index contributed by atoms with van der Waals surface area (Å²) in [5, 5.41) is 15.5. The quantitative estimate of drug-likeness (QED) is 0.407. The van der Waals surface area contributed by atoms with Gasteiger partial charge in [0.15, 0.2) is 0 Å². The Hall–Kier alpha value is -3.29. The molecule has 8 heteroatoms. The highest BCUT2D eigenvalue weighted by atomic mass is 19.4. The third-order valence-electron chi connectivity index (χ3n) is 4.92. The van der Waals surface area contributed by atoms with Crippen LogP contribution in [0.4, 0.5) is 13.2 Å². The number of aromatic nitrogens is 1. The molecule has 3 aromatic rings. The minimum Gasteiger partial charge on any atom is -0.494 e. The number of benzene rings is 2. The molecule has 2 aromatic carbocycles. The molecule has 0 radical (unpaired) electrons. The van der Waals surface area contributed by atoms with E-state index in [-0.39, 0.29) is 28.6 Å². The molecule has 1 amide bonds. The van der Waals surface area contributed by atoms with Crippen molar-refractivity contribution in [1.82, 2.24) is 9.99 Å². The van der Waals surface area contributed by atoms with E-state index in [1.807, 2.05) is 26.8 Å². The van der Waals surface area contributed by atoms with Crippen LogP contribution in [0, 0.1) is 13.8 Å². The summed E-state index contributed by atoms with van der Waals surface area (Å²) >= 11 is 0. The molecule has 1 heterocycles. The van der Waals surface area contributed by atoms with Crippen molar-refractivity contribution in [3.8, 4) is 11.6 Å². The van der Waals surface area contributed by atoms with E-state index in [0.717, 1.165) is 23.3 Å². The third-order valence-corrected chi connectivity index (χ3v) is 4.92. The molecule has 31 heavy (non-hydrogen) atoms. The zero-order valence-electron chi connectivity index (χ0n) is 17.8. The lowest BCUT2D eigenvalue weighted by Crippen LogP contribution is -2.18.